The Morgan fingerprint density at radius 1 is 1.25 bits per heavy atom. The minimum absolute atomic E-state index is 0.244. The molecule has 1 aliphatic carbocycles. The lowest BCUT2D eigenvalue weighted by Crippen LogP contribution is -2.28. The summed E-state index contributed by atoms with van der Waals surface area (Å²) in [7, 11) is 0. The van der Waals surface area contributed by atoms with Crippen molar-refractivity contribution in [2.24, 2.45) is 0 Å². The van der Waals surface area contributed by atoms with Crippen molar-refractivity contribution in [1.29, 1.82) is 0 Å². The molecule has 0 bridgehead atoms. The van der Waals surface area contributed by atoms with Gasteiger partial charge in [-0.1, -0.05) is 6.07 Å². The van der Waals surface area contributed by atoms with Gasteiger partial charge in [0.05, 0.1) is 6.61 Å². The fourth-order valence-corrected chi connectivity index (χ4v) is 2.50. The van der Waals surface area contributed by atoms with Gasteiger partial charge in [-0.15, -0.1) is 0 Å². The summed E-state index contributed by atoms with van der Waals surface area (Å²) in [6.07, 6.45) is 2.55. The Balaban J connectivity index is 2.03. The molecule has 0 radical (unpaired) electrons. The lowest BCUT2D eigenvalue weighted by atomic mass is 10.2. The van der Waals surface area contributed by atoms with Gasteiger partial charge < -0.3 is 5.11 Å². The van der Waals surface area contributed by atoms with Crippen LogP contribution in [0.25, 0.3) is 0 Å². The van der Waals surface area contributed by atoms with Crippen molar-refractivity contribution in [3.63, 3.8) is 0 Å². The van der Waals surface area contributed by atoms with E-state index >= 15 is 0 Å². The summed E-state index contributed by atoms with van der Waals surface area (Å²) in [5.41, 5.74) is 1.29. The van der Waals surface area contributed by atoms with E-state index in [1.165, 1.54) is 18.4 Å². The van der Waals surface area contributed by atoms with Gasteiger partial charge in [0.1, 0.15) is 0 Å². The third kappa shape index (κ3) is 3.29. The summed E-state index contributed by atoms with van der Waals surface area (Å²) in [5, 5.41) is 9.03. The highest BCUT2D eigenvalue weighted by molar-refractivity contribution is 9.13. The van der Waals surface area contributed by atoms with E-state index in [2.05, 4.69) is 55.0 Å². The number of hydrogen-bond acceptors (Lipinski definition) is 2. The molecule has 1 aromatic rings. The fourth-order valence-electron chi connectivity index (χ4n) is 1.83. The van der Waals surface area contributed by atoms with Gasteiger partial charge in [-0.25, -0.2) is 0 Å². The second-order valence-corrected chi connectivity index (χ2v) is 5.88. The van der Waals surface area contributed by atoms with Gasteiger partial charge in [0.15, 0.2) is 0 Å². The molecule has 0 aliphatic heterocycles. The molecule has 1 saturated carbocycles. The van der Waals surface area contributed by atoms with Gasteiger partial charge in [-0.05, 0) is 62.4 Å². The Bertz CT molecular complexity index is 366. The summed E-state index contributed by atoms with van der Waals surface area (Å²) < 4.78 is 2.17. The van der Waals surface area contributed by atoms with Gasteiger partial charge in [0.2, 0.25) is 0 Å². The summed E-state index contributed by atoms with van der Waals surface area (Å²) >= 11 is 6.98. The summed E-state index contributed by atoms with van der Waals surface area (Å²) in [4.78, 5) is 2.36. The topological polar surface area (TPSA) is 23.5 Å². The van der Waals surface area contributed by atoms with Crippen LogP contribution in [-0.4, -0.2) is 29.2 Å². The molecule has 88 valence electrons. The van der Waals surface area contributed by atoms with E-state index < -0.39 is 0 Å². The quantitative estimate of drug-likeness (QED) is 0.883. The average Bonchev–Trinajstić information content (AvgIpc) is 3.06. The van der Waals surface area contributed by atoms with Crippen LogP contribution in [0.2, 0.25) is 0 Å². The number of rotatable bonds is 5. The van der Waals surface area contributed by atoms with Crippen molar-refractivity contribution in [2.45, 2.75) is 25.4 Å². The standard InChI is InChI=1S/C12H15Br2NO/c13-11-4-1-9(7-12(11)14)8-15(5-6-16)10-2-3-10/h1,4,7,10,16H,2-3,5-6,8H2. The zero-order valence-electron chi connectivity index (χ0n) is 9.00. The van der Waals surface area contributed by atoms with E-state index in [4.69, 9.17) is 5.11 Å². The molecule has 2 nitrogen and oxygen atoms in total. The van der Waals surface area contributed by atoms with E-state index in [1.807, 2.05) is 0 Å². The molecule has 0 spiro atoms. The summed E-state index contributed by atoms with van der Waals surface area (Å²) in [6.45, 7) is 1.95. The first kappa shape index (κ1) is 12.6. The van der Waals surface area contributed by atoms with Crippen molar-refractivity contribution in [2.75, 3.05) is 13.2 Å². The molecule has 0 aromatic heterocycles. The van der Waals surface area contributed by atoms with Crippen LogP contribution in [0.15, 0.2) is 27.1 Å². The van der Waals surface area contributed by atoms with Crippen LogP contribution in [0.4, 0.5) is 0 Å². The van der Waals surface area contributed by atoms with E-state index in [9.17, 15) is 0 Å². The first-order chi connectivity index (χ1) is 7.70. The Morgan fingerprint density at radius 2 is 2.00 bits per heavy atom. The molecule has 0 unspecified atom stereocenters. The SMILES string of the molecule is OCCN(Cc1ccc(Br)c(Br)c1)C1CC1. The Kier molecular flexibility index (Phi) is 4.41. The first-order valence-electron chi connectivity index (χ1n) is 5.49. The highest BCUT2D eigenvalue weighted by Gasteiger charge is 2.28. The molecular formula is C12H15Br2NO. The van der Waals surface area contributed by atoms with Crippen molar-refractivity contribution in [3.05, 3.63) is 32.7 Å². The second kappa shape index (κ2) is 5.63. The molecule has 4 heteroatoms. The number of benzene rings is 1. The zero-order valence-corrected chi connectivity index (χ0v) is 12.2. The van der Waals surface area contributed by atoms with Gasteiger partial charge in [0.25, 0.3) is 0 Å². The van der Waals surface area contributed by atoms with E-state index in [0.717, 1.165) is 22.0 Å². The van der Waals surface area contributed by atoms with Crippen LogP contribution in [0.3, 0.4) is 0 Å². The van der Waals surface area contributed by atoms with Gasteiger partial charge in [0, 0.05) is 28.1 Å². The minimum atomic E-state index is 0.244. The van der Waals surface area contributed by atoms with Gasteiger partial charge in [-0.2, -0.15) is 0 Å². The van der Waals surface area contributed by atoms with E-state index in [-0.39, 0.29) is 6.61 Å². The average molecular weight is 349 g/mol. The maximum Gasteiger partial charge on any atom is 0.0558 e. The first-order valence-corrected chi connectivity index (χ1v) is 7.08. The molecule has 1 fully saturated rings. The van der Waals surface area contributed by atoms with Crippen LogP contribution in [0.5, 0.6) is 0 Å². The molecule has 0 saturated heterocycles. The van der Waals surface area contributed by atoms with Gasteiger partial charge in [-0.3, -0.25) is 4.90 Å². The molecule has 16 heavy (non-hydrogen) atoms. The van der Waals surface area contributed by atoms with Crippen LogP contribution in [0, 0.1) is 0 Å². The Hall–Kier alpha value is 0.1000. The molecule has 0 amide bonds. The molecule has 2 rings (SSSR count). The lowest BCUT2D eigenvalue weighted by Gasteiger charge is -2.21. The third-order valence-corrected chi connectivity index (χ3v) is 4.70. The van der Waals surface area contributed by atoms with Crippen molar-refractivity contribution in [3.8, 4) is 0 Å². The van der Waals surface area contributed by atoms with Crippen molar-refractivity contribution in [1.82, 2.24) is 4.90 Å². The number of aliphatic hydroxyl groups is 1. The zero-order chi connectivity index (χ0) is 11.5. The smallest absolute Gasteiger partial charge is 0.0558 e. The monoisotopic (exact) mass is 347 g/mol. The third-order valence-electron chi connectivity index (χ3n) is 2.82. The van der Waals surface area contributed by atoms with Crippen LogP contribution in [-0.2, 0) is 6.54 Å². The second-order valence-electron chi connectivity index (χ2n) is 4.17. The number of nitrogens with zero attached hydrogens (tertiary/aromatic N) is 1. The summed E-state index contributed by atoms with van der Waals surface area (Å²) in [5.74, 6) is 0. The van der Waals surface area contributed by atoms with Crippen molar-refractivity contribution >= 4 is 31.9 Å². The molecule has 1 aliphatic rings. The van der Waals surface area contributed by atoms with Gasteiger partial charge >= 0.3 is 0 Å². The van der Waals surface area contributed by atoms with E-state index in [1.54, 1.807) is 0 Å². The highest BCUT2D eigenvalue weighted by Crippen LogP contribution is 2.29. The molecule has 1 aromatic carbocycles. The van der Waals surface area contributed by atoms with Crippen molar-refractivity contribution < 1.29 is 5.11 Å². The Morgan fingerprint density at radius 3 is 2.56 bits per heavy atom. The predicted octanol–water partition coefficient (Wildman–Crippen LogP) is 3.17. The lowest BCUT2D eigenvalue weighted by molar-refractivity contribution is 0.183. The molecule has 1 N–H and O–H groups in total. The van der Waals surface area contributed by atoms with E-state index in [0.29, 0.717) is 6.04 Å². The predicted molar refractivity (Wildman–Crippen MR) is 72.4 cm³/mol. The maximum absolute atomic E-state index is 9.03. The summed E-state index contributed by atoms with van der Waals surface area (Å²) in [6, 6.07) is 7.01. The Labute approximate surface area is 113 Å². The fraction of sp³-hybridized carbons (Fsp3) is 0.500. The highest BCUT2D eigenvalue weighted by atomic mass is 79.9. The maximum atomic E-state index is 9.03. The van der Waals surface area contributed by atoms with Crippen LogP contribution < -0.4 is 0 Å². The van der Waals surface area contributed by atoms with Crippen LogP contribution >= 0.6 is 31.9 Å². The normalized spacial score (nSPS) is 15.8. The molecule has 0 atom stereocenters. The number of hydrogen-bond donors (Lipinski definition) is 1. The minimum Gasteiger partial charge on any atom is -0.395 e. The number of aliphatic hydroxyl groups excluding tert-OH is 1. The molecular weight excluding hydrogens is 334 g/mol. The molecule has 0 heterocycles. The van der Waals surface area contributed by atoms with Crippen LogP contribution in [0.1, 0.15) is 18.4 Å². The largest absolute Gasteiger partial charge is 0.395 e. The number of halogens is 2.